The van der Waals surface area contributed by atoms with E-state index in [1.165, 1.54) is 25.9 Å². The molecule has 0 bridgehead atoms. The predicted molar refractivity (Wildman–Crippen MR) is 79.8 cm³/mol. The van der Waals surface area contributed by atoms with Gasteiger partial charge >= 0.3 is 0 Å². The Morgan fingerprint density at radius 2 is 1.95 bits per heavy atom. The van der Waals surface area contributed by atoms with Crippen molar-refractivity contribution in [3.63, 3.8) is 0 Å². The van der Waals surface area contributed by atoms with Gasteiger partial charge in [-0.2, -0.15) is 10.2 Å². The van der Waals surface area contributed by atoms with Crippen molar-refractivity contribution in [2.24, 2.45) is 0 Å². The summed E-state index contributed by atoms with van der Waals surface area (Å²) in [6.07, 6.45) is 4.42. The molecule has 0 unspecified atom stereocenters. The maximum atomic E-state index is 5.44. The highest BCUT2D eigenvalue weighted by atomic mass is 16.7. The summed E-state index contributed by atoms with van der Waals surface area (Å²) >= 11 is 0. The lowest BCUT2D eigenvalue weighted by molar-refractivity contribution is 0.174. The molecular formula is C15H18N4O2. The van der Waals surface area contributed by atoms with E-state index in [2.05, 4.69) is 20.4 Å². The third kappa shape index (κ3) is 2.47. The minimum atomic E-state index is 0.275. The second-order valence-electron chi connectivity index (χ2n) is 5.46. The van der Waals surface area contributed by atoms with Crippen LogP contribution in [-0.4, -0.2) is 48.1 Å². The lowest BCUT2D eigenvalue weighted by Gasteiger charge is -2.15. The van der Waals surface area contributed by atoms with Gasteiger partial charge in [0.05, 0.1) is 17.4 Å². The lowest BCUT2D eigenvalue weighted by Crippen LogP contribution is -2.26. The zero-order chi connectivity index (χ0) is 14.1. The summed E-state index contributed by atoms with van der Waals surface area (Å²) in [5, 5.41) is 12.7. The van der Waals surface area contributed by atoms with Gasteiger partial charge < -0.3 is 19.7 Å². The van der Waals surface area contributed by atoms with Crippen LogP contribution < -0.4 is 14.8 Å². The Hall–Kier alpha value is -2.08. The number of aromatic nitrogens is 2. The summed E-state index contributed by atoms with van der Waals surface area (Å²) < 4.78 is 10.8. The van der Waals surface area contributed by atoms with Crippen LogP contribution in [0.4, 0.5) is 5.69 Å². The third-order valence-electron chi connectivity index (χ3n) is 4.08. The van der Waals surface area contributed by atoms with Crippen LogP contribution in [0.15, 0.2) is 18.3 Å². The summed E-state index contributed by atoms with van der Waals surface area (Å²) in [7, 11) is 0. The minimum absolute atomic E-state index is 0.275. The van der Waals surface area contributed by atoms with Crippen LogP contribution in [-0.2, 0) is 0 Å². The van der Waals surface area contributed by atoms with Gasteiger partial charge in [0, 0.05) is 24.5 Å². The summed E-state index contributed by atoms with van der Waals surface area (Å²) in [6, 6.07) is 3.86. The molecule has 0 spiro atoms. The van der Waals surface area contributed by atoms with E-state index in [1.807, 2.05) is 12.1 Å². The zero-order valence-electron chi connectivity index (χ0n) is 11.8. The number of anilines is 1. The van der Waals surface area contributed by atoms with Gasteiger partial charge in [0.15, 0.2) is 11.5 Å². The first kappa shape index (κ1) is 12.6. The Kier molecular flexibility index (Phi) is 3.23. The Morgan fingerprint density at radius 1 is 1.14 bits per heavy atom. The van der Waals surface area contributed by atoms with Crippen LogP contribution in [0.5, 0.6) is 11.5 Å². The second-order valence-corrected chi connectivity index (χ2v) is 5.46. The van der Waals surface area contributed by atoms with Crippen molar-refractivity contribution in [3.05, 3.63) is 18.3 Å². The maximum Gasteiger partial charge on any atom is 0.231 e. The smallest absolute Gasteiger partial charge is 0.231 e. The van der Waals surface area contributed by atoms with Gasteiger partial charge in [-0.1, -0.05) is 0 Å². The molecule has 2 aromatic rings. The minimum Gasteiger partial charge on any atom is -0.454 e. The molecule has 4 rings (SSSR count). The summed E-state index contributed by atoms with van der Waals surface area (Å²) in [4.78, 5) is 2.48. The molecule has 1 N–H and O–H groups in total. The quantitative estimate of drug-likeness (QED) is 0.926. The Bertz CT molecular complexity index is 655. The Balaban J connectivity index is 1.53. The number of benzene rings is 1. The van der Waals surface area contributed by atoms with E-state index in [1.54, 1.807) is 6.20 Å². The van der Waals surface area contributed by atoms with E-state index in [0.717, 1.165) is 41.2 Å². The van der Waals surface area contributed by atoms with Crippen molar-refractivity contribution in [1.29, 1.82) is 0 Å². The average molecular weight is 286 g/mol. The number of fused-ring (bicyclic) bond motifs is 2. The zero-order valence-corrected chi connectivity index (χ0v) is 11.8. The first-order valence-electron chi connectivity index (χ1n) is 7.41. The van der Waals surface area contributed by atoms with Gasteiger partial charge in [-0.25, -0.2) is 0 Å². The number of nitrogens with one attached hydrogen (secondary N) is 1. The third-order valence-corrected chi connectivity index (χ3v) is 4.08. The molecule has 0 aliphatic carbocycles. The van der Waals surface area contributed by atoms with Gasteiger partial charge in [-0.3, -0.25) is 0 Å². The topological polar surface area (TPSA) is 59.5 Å². The van der Waals surface area contributed by atoms with Crippen LogP contribution in [0.25, 0.3) is 10.9 Å². The lowest BCUT2D eigenvalue weighted by atomic mass is 10.2. The standard InChI is InChI=1S/C15H18N4O2/c1-2-5-19(4-1)6-3-16-13-9-17-18-12-8-15-14(7-11(12)13)20-10-21-15/h7-9H,1-6,10H2,(H,16,18). The molecular weight excluding hydrogens is 268 g/mol. The first-order valence-corrected chi connectivity index (χ1v) is 7.41. The van der Waals surface area contributed by atoms with E-state index in [9.17, 15) is 0 Å². The summed E-state index contributed by atoms with van der Waals surface area (Å²) in [5.41, 5.74) is 1.82. The molecule has 0 atom stereocenters. The normalized spacial score (nSPS) is 17.5. The molecule has 1 aromatic carbocycles. The van der Waals surface area contributed by atoms with Crippen molar-refractivity contribution in [2.75, 3.05) is 38.3 Å². The van der Waals surface area contributed by atoms with E-state index in [-0.39, 0.29) is 6.79 Å². The average Bonchev–Trinajstić information content (AvgIpc) is 3.16. The number of rotatable bonds is 4. The largest absolute Gasteiger partial charge is 0.454 e. The summed E-state index contributed by atoms with van der Waals surface area (Å²) in [5.74, 6) is 1.52. The number of hydrogen-bond donors (Lipinski definition) is 1. The molecule has 6 nitrogen and oxygen atoms in total. The highest BCUT2D eigenvalue weighted by Gasteiger charge is 2.16. The highest BCUT2D eigenvalue weighted by molar-refractivity contribution is 5.92. The van der Waals surface area contributed by atoms with E-state index < -0.39 is 0 Å². The van der Waals surface area contributed by atoms with Crippen LogP contribution in [0.3, 0.4) is 0 Å². The Morgan fingerprint density at radius 3 is 2.81 bits per heavy atom. The van der Waals surface area contributed by atoms with Crippen molar-refractivity contribution in [1.82, 2.24) is 15.1 Å². The van der Waals surface area contributed by atoms with Crippen molar-refractivity contribution in [3.8, 4) is 11.5 Å². The molecule has 21 heavy (non-hydrogen) atoms. The number of hydrogen-bond acceptors (Lipinski definition) is 6. The molecule has 2 aliphatic rings. The molecule has 3 heterocycles. The predicted octanol–water partition coefficient (Wildman–Crippen LogP) is 1.87. The first-order chi connectivity index (χ1) is 10.4. The van der Waals surface area contributed by atoms with Gasteiger partial charge in [0.1, 0.15) is 0 Å². The number of likely N-dealkylation sites (tertiary alicyclic amines) is 1. The fourth-order valence-electron chi connectivity index (χ4n) is 2.94. The van der Waals surface area contributed by atoms with Crippen LogP contribution in [0.1, 0.15) is 12.8 Å². The van der Waals surface area contributed by atoms with E-state index in [4.69, 9.17) is 9.47 Å². The van der Waals surface area contributed by atoms with Crippen molar-refractivity contribution < 1.29 is 9.47 Å². The van der Waals surface area contributed by atoms with Crippen LogP contribution in [0.2, 0.25) is 0 Å². The fraction of sp³-hybridized carbons (Fsp3) is 0.467. The molecule has 2 aliphatic heterocycles. The fourth-order valence-corrected chi connectivity index (χ4v) is 2.94. The van der Waals surface area contributed by atoms with E-state index >= 15 is 0 Å². The molecule has 110 valence electrons. The van der Waals surface area contributed by atoms with Gasteiger partial charge in [0.2, 0.25) is 6.79 Å². The van der Waals surface area contributed by atoms with Crippen LogP contribution in [0, 0.1) is 0 Å². The molecule has 1 fully saturated rings. The highest BCUT2D eigenvalue weighted by Crippen LogP contribution is 2.37. The van der Waals surface area contributed by atoms with Crippen LogP contribution >= 0.6 is 0 Å². The molecule has 6 heteroatoms. The maximum absolute atomic E-state index is 5.44. The second kappa shape index (κ2) is 5.37. The SMILES string of the molecule is c1nnc2cc3c(cc2c1NCCN1CCCC1)OCO3. The van der Waals surface area contributed by atoms with E-state index in [0.29, 0.717) is 0 Å². The molecule has 1 aromatic heterocycles. The van der Waals surface area contributed by atoms with Crippen molar-refractivity contribution in [2.45, 2.75) is 12.8 Å². The summed E-state index contributed by atoms with van der Waals surface area (Å²) in [6.45, 7) is 4.69. The number of nitrogens with zero attached hydrogens (tertiary/aromatic N) is 3. The molecule has 0 radical (unpaired) electrons. The monoisotopic (exact) mass is 286 g/mol. The van der Waals surface area contributed by atoms with Gasteiger partial charge in [-0.15, -0.1) is 0 Å². The van der Waals surface area contributed by atoms with Gasteiger partial charge in [-0.05, 0) is 32.0 Å². The molecule has 0 amide bonds. The molecule has 0 saturated carbocycles. The van der Waals surface area contributed by atoms with Crippen molar-refractivity contribution >= 4 is 16.6 Å². The number of ether oxygens (including phenoxy) is 2. The van der Waals surface area contributed by atoms with Gasteiger partial charge in [0.25, 0.3) is 0 Å². The Labute approximate surface area is 123 Å². The molecule has 1 saturated heterocycles.